The molecule has 2 aliphatic rings. The van der Waals surface area contributed by atoms with Crippen molar-refractivity contribution in [2.75, 3.05) is 13.7 Å². The normalized spacial score (nSPS) is 26.3. The predicted octanol–water partition coefficient (Wildman–Crippen LogP) is 4.70. The molecule has 0 radical (unpaired) electrons. The summed E-state index contributed by atoms with van der Waals surface area (Å²) in [6.45, 7) is 2.28. The fourth-order valence-corrected chi connectivity index (χ4v) is 5.47. The van der Waals surface area contributed by atoms with E-state index < -0.39 is 0 Å². The molecule has 0 aliphatic heterocycles. The van der Waals surface area contributed by atoms with Crippen LogP contribution in [-0.4, -0.2) is 24.4 Å². The molecule has 2 aromatic rings. The van der Waals surface area contributed by atoms with Crippen LogP contribution in [0.3, 0.4) is 0 Å². The lowest BCUT2D eigenvalue weighted by Crippen LogP contribution is -2.40. The molecule has 3 heteroatoms. The van der Waals surface area contributed by atoms with Gasteiger partial charge in [-0.05, 0) is 104 Å². The smallest absolute Gasteiger partial charge is 0.122 e. The second kappa shape index (κ2) is 8.49. The van der Waals surface area contributed by atoms with Gasteiger partial charge in [-0.15, -0.1) is 0 Å². The minimum Gasteiger partial charge on any atom is -0.496 e. The number of hydrogen-bond donors (Lipinski definition) is 2. The zero-order valence-electron chi connectivity index (χ0n) is 17.9. The van der Waals surface area contributed by atoms with Crippen molar-refractivity contribution in [1.29, 1.82) is 0 Å². The van der Waals surface area contributed by atoms with Crippen molar-refractivity contribution in [2.24, 2.45) is 11.7 Å². The molecule has 2 aromatic carbocycles. The van der Waals surface area contributed by atoms with E-state index >= 15 is 0 Å². The van der Waals surface area contributed by atoms with Crippen molar-refractivity contribution < 1.29 is 9.84 Å². The van der Waals surface area contributed by atoms with Crippen molar-refractivity contribution in [2.45, 2.75) is 69.7 Å². The first kappa shape index (κ1) is 20.4. The van der Waals surface area contributed by atoms with E-state index in [-0.39, 0.29) is 12.1 Å². The monoisotopic (exact) mass is 393 g/mol. The molecule has 0 spiro atoms. The molecular formula is C26H35NO2. The van der Waals surface area contributed by atoms with Crippen LogP contribution in [0.5, 0.6) is 5.75 Å². The number of methoxy groups -OCH3 is 1. The third-order valence-electron chi connectivity index (χ3n) is 7.38. The van der Waals surface area contributed by atoms with E-state index in [1.807, 2.05) is 0 Å². The highest BCUT2D eigenvalue weighted by molar-refractivity contribution is 5.40. The zero-order chi connectivity index (χ0) is 20.4. The Kier molecular flexibility index (Phi) is 5.98. The van der Waals surface area contributed by atoms with Crippen LogP contribution < -0.4 is 10.5 Å². The van der Waals surface area contributed by atoms with E-state index in [1.54, 1.807) is 7.11 Å². The zero-order valence-corrected chi connectivity index (χ0v) is 17.9. The minimum atomic E-state index is -0.373. The van der Waals surface area contributed by atoms with Crippen LogP contribution in [0, 0.1) is 12.8 Å². The summed E-state index contributed by atoms with van der Waals surface area (Å²) in [5.41, 5.74) is 13.1. The van der Waals surface area contributed by atoms with Crippen molar-refractivity contribution >= 4 is 0 Å². The Labute approximate surface area is 175 Å². The second-order valence-corrected chi connectivity index (χ2v) is 9.39. The Morgan fingerprint density at radius 3 is 2.79 bits per heavy atom. The van der Waals surface area contributed by atoms with Gasteiger partial charge in [0.05, 0.1) is 13.7 Å². The average Bonchev–Trinajstić information content (AvgIpc) is 3.15. The molecule has 0 unspecified atom stereocenters. The molecule has 2 aliphatic carbocycles. The van der Waals surface area contributed by atoms with Crippen LogP contribution in [-0.2, 0) is 19.3 Å². The Balaban J connectivity index is 1.40. The fourth-order valence-electron chi connectivity index (χ4n) is 5.47. The van der Waals surface area contributed by atoms with Crippen molar-refractivity contribution in [1.82, 2.24) is 0 Å². The maximum atomic E-state index is 9.56. The number of aliphatic hydroxyl groups excluding tert-OH is 1. The number of aryl methyl sites for hydroxylation is 2. The summed E-state index contributed by atoms with van der Waals surface area (Å²) in [4.78, 5) is 0. The number of nitrogens with two attached hydrogens (primary N) is 1. The summed E-state index contributed by atoms with van der Waals surface area (Å²) in [6, 6.07) is 13.5. The van der Waals surface area contributed by atoms with Crippen LogP contribution in [0.4, 0.5) is 0 Å². The molecule has 29 heavy (non-hydrogen) atoms. The summed E-state index contributed by atoms with van der Waals surface area (Å²) in [5.74, 6) is 2.28. The topological polar surface area (TPSA) is 55.5 Å². The van der Waals surface area contributed by atoms with Gasteiger partial charge in [-0.25, -0.2) is 0 Å². The van der Waals surface area contributed by atoms with Crippen LogP contribution in [0.1, 0.15) is 65.8 Å². The van der Waals surface area contributed by atoms with E-state index in [2.05, 4.69) is 43.3 Å². The standard InChI is InChI=1S/C26H35NO2/c1-18-4-3-5-25(29-2)24(18)11-7-19-6-8-21-15-22(10-9-20(21)14-19)23-12-13-26(27,16-23)17-28/h3-5,9-10,15,19,23,28H,6-8,11-14,16-17,27H2,1-2H3/t19-,23+,26+/m0/s1. The maximum absolute atomic E-state index is 9.56. The molecule has 4 rings (SSSR count). The third-order valence-corrected chi connectivity index (χ3v) is 7.38. The summed E-state index contributed by atoms with van der Waals surface area (Å²) in [5, 5.41) is 9.56. The van der Waals surface area contributed by atoms with Gasteiger partial charge in [0.15, 0.2) is 0 Å². The molecular weight excluding hydrogens is 358 g/mol. The molecule has 0 aromatic heterocycles. The largest absolute Gasteiger partial charge is 0.496 e. The van der Waals surface area contributed by atoms with Crippen molar-refractivity contribution in [3.05, 3.63) is 64.2 Å². The molecule has 3 N–H and O–H groups in total. The van der Waals surface area contributed by atoms with Crippen LogP contribution in [0.25, 0.3) is 0 Å². The number of benzene rings is 2. The van der Waals surface area contributed by atoms with Crippen molar-refractivity contribution in [3.63, 3.8) is 0 Å². The van der Waals surface area contributed by atoms with E-state index in [1.165, 1.54) is 53.5 Å². The first-order valence-electron chi connectivity index (χ1n) is 11.2. The van der Waals surface area contributed by atoms with Gasteiger partial charge in [-0.1, -0.05) is 30.3 Å². The van der Waals surface area contributed by atoms with Crippen LogP contribution in [0.15, 0.2) is 36.4 Å². The molecule has 0 amide bonds. The predicted molar refractivity (Wildman–Crippen MR) is 119 cm³/mol. The lowest BCUT2D eigenvalue weighted by molar-refractivity contribution is 0.198. The number of aliphatic hydroxyl groups is 1. The van der Waals surface area contributed by atoms with Gasteiger partial charge in [-0.3, -0.25) is 0 Å². The maximum Gasteiger partial charge on any atom is 0.122 e. The van der Waals surface area contributed by atoms with E-state index in [9.17, 15) is 5.11 Å². The number of hydrogen-bond acceptors (Lipinski definition) is 3. The van der Waals surface area contributed by atoms with Gasteiger partial charge in [0.1, 0.15) is 5.75 Å². The highest BCUT2D eigenvalue weighted by Gasteiger charge is 2.36. The number of ether oxygens (including phenoxy) is 1. The lowest BCUT2D eigenvalue weighted by atomic mass is 9.79. The summed E-state index contributed by atoms with van der Waals surface area (Å²) in [7, 11) is 1.77. The molecule has 1 saturated carbocycles. The van der Waals surface area contributed by atoms with Gasteiger partial charge in [0, 0.05) is 5.54 Å². The first-order chi connectivity index (χ1) is 14.0. The lowest BCUT2D eigenvalue weighted by Gasteiger charge is -2.27. The Morgan fingerprint density at radius 2 is 2.03 bits per heavy atom. The molecule has 3 nitrogen and oxygen atoms in total. The SMILES string of the molecule is COc1cccc(C)c1CC[C@@H]1CCc2cc([C@@H]3CC[C@](N)(CO)C3)ccc2C1. The highest BCUT2D eigenvalue weighted by Crippen LogP contribution is 2.41. The number of rotatable bonds is 6. The summed E-state index contributed by atoms with van der Waals surface area (Å²) < 4.78 is 5.58. The molecule has 0 heterocycles. The number of fused-ring (bicyclic) bond motifs is 1. The summed E-state index contributed by atoms with van der Waals surface area (Å²) in [6.07, 6.45) is 8.88. The van der Waals surface area contributed by atoms with E-state index in [0.29, 0.717) is 5.92 Å². The second-order valence-electron chi connectivity index (χ2n) is 9.39. The van der Waals surface area contributed by atoms with Gasteiger partial charge in [0.2, 0.25) is 0 Å². The Hall–Kier alpha value is -1.84. The van der Waals surface area contributed by atoms with Gasteiger partial charge >= 0.3 is 0 Å². The Morgan fingerprint density at radius 1 is 1.17 bits per heavy atom. The van der Waals surface area contributed by atoms with Crippen molar-refractivity contribution in [3.8, 4) is 5.75 Å². The third kappa shape index (κ3) is 4.36. The first-order valence-corrected chi connectivity index (χ1v) is 11.2. The molecule has 156 valence electrons. The highest BCUT2D eigenvalue weighted by atomic mass is 16.5. The molecule has 3 atom stereocenters. The van der Waals surface area contributed by atoms with Crippen LogP contribution >= 0.6 is 0 Å². The van der Waals surface area contributed by atoms with Gasteiger partial charge < -0.3 is 15.6 Å². The fraction of sp³-hybridized carbons (Fsp3) is 0.538. The average molecular weight is 394 g/mol. The van der Waals surface area contributed by atoms with Crippen LogP contribution in [0.2, 0.25) is 0 Å². The quantitative estimate of drug-likeness (QED) is 0.748. The summed E-state index contributed by atoms with van der Waals surface area (Å²) >= 11 is 0. The van der Waals surface area contributed by atoms with Gasteiger partial charge in [-0.2, -0.15) is 0 Å². The Bertz CT molecular complexity index is 862. The molecule has 1 fully saturated rings. The minimum absolute atomic E-state index is 0.0990. The van der Waals surface area contributed by atoms with Gasteiger partial charge in [0.25, 0.3) is 0 Å². The van der Waals surface area contributed by atoms with E-state index in [0.717, 1.165) is 37.4 Å². The van der Waals surface area contributed by atoms with E-state index in [4.69, 9.17) is 10.5 Å². The molecule has 0 saturated heterocycles. The molecule has 0 bridgehead atoms.